The van der Waals surface area contributed by atoms with Crippen LogP contribution in [-0.2, 0) is 0 Å². The molecule has 0 aromatic heterocycles. The quantitative estimate of drug-likeness (QED) is 0.748. The van der Waals surface area contributed by atoms with E-state index in [0.717, 1.165) is 18.5 Å². The fourth-order valence-corrected chi connectivity index (χ4v) is 3.04. The maximum absolute atomic E-state index is 11.9. The Morgan fingerprint density at radius 3 is 2.59 bits per heavy atom. The van der Waals surface area contributed by atoms with Crippen molar-refractivity contribution in [3.8, 4) is 0 Å². The number of nitrogens with zero attached hydrogens (tertiary/aromatic N) is 1. The van der Waals surface area contributed by atoms with Gasteiger partial charge in [0.1, 0.15) is 0 Å². The highest BCUT2D eigenvalue weighted by Crippen LogP contribution is 2.11. The van der Waals surface area contributed by atoms with Gasteiger partial charge in [-0.05, 0) is 13.0 Å². The predicted molar refractivity (Wildman–Crippen MR) is 73.8 cm³/mol. The summed E-state index contributed by atoms with van der Waals surface area (Å²) in [6, 6.07) is 9.60. The van der Waals surface area contributed by atoms with E-state index in [2.05, 4.69) is 4.90 Å². The molecular formula is C14H19NOS. The van der Waals surface area contributed by atoms with Gasteiger partial charge in [0.15, 0.2) is 5.78 Å². The molecule has 0 saturated carbocycles. The summed E-state index contributed by atoms with van der Waals surface area (Å²) in [7, 11) is 0. The van der Waals surface area contributed by atoms with Gasteiger partial charge < -0.3 is 4.90 Å². The Hall–Kier alpha value is -0.800. The first kappa shape index (κ1) is 12.7. The topological polar surface area (TPSA) is 20.3 Å². The van der Waals surface area contributed by atoms with Crippen LogP contribution in [0.4, 0.5) is 0 Å². The van der Waals surface area contributed by atoms with E-state index in [-0.39, 0.29) is 5.78 Å². The number of benzene rings is 1. The Labute approximate surface area is 107 Å². The maximum atomic E-state index is 11.9. The molecule has 1 aromatic carbocycles. The molecular weight excluding hydrogens is 230 g/mol. The van der Waals surface area contributed by atoms with Crippen molar-refractivity contribution in [1.29, 1.82) is 0 Å². The van der Waals surface area contributed by atoms with Crippen molar-refractivity contribution in [2.24, 2.45) is 0 Å². The highest BCUT2D eigenvalue weighted by atomic mass is 32.2. The Balaban J connectivity index is 1.69. The van der Waals surface area contributed by atoms with Crippen LogP contribution in [0.15, 0.2) is 30.3 Å². The van der Waals surface area contributed by atoms with Crippen LogP contribution < -0.4 is 0 Å². The molecule has 0 aliphatic carbocycles. The molecule has 3 heteroatoms. The minimum Gasteiger partial charge on any atom is -0.302 e. The van der Waals surface area contributed by atoms with Crippen molar-refractivity contribution in [1.82, 2.24) is 4.90 Å². The van der Waals surface area contributed by atoms with Gasteiger partial charge in [-0.3, -0.25) is 4.79 Å². The van der Waals surface area contributed by atoms with E-state index < -0.39 is 0 Å². The first-order chi connectivity index (χ1) is 8.36. The number of Topliss-reactive ketones (excluding diaryl/α,β-unsaturated/α-hetero) is 1. The molecule has 2 nitrogen and oxygen atoms in total. The molecule has 1 aromatic rings. The Kier molecular flexibility index (Phi) is 5.08. The summed E-state index contributed by atoms with van der Waals surface area (Å²) in [6.45, 7) is 3.44. The lowest BCUT2D eigenvalue weighted by molar-refractivity contribution is 0.0975. The van der Waals surface area contributed by atoms with Gasteiger partial charge in [0.05, 0.1) is 0 Å². The lowest BCUT2D eigenvalue weighted by Gasteiger charge is -2.25. The van der Waals surface area contributed by atoms with Crippen LogP contribution in [0, 0.1) is 0 Å². The standard InChI is InChI=1S/C14H19NOS/c16-14(13-5-2-1-3-6-13)7-4-8-15-9-11-17-12-10-15/h1-3,5-6H,4,7-12H2. The minimum absolute atomic E-state index is 0.275. The van der Waals surface area contributed by atoms with Crippen LogP contribution in [0.25, 0.3) is 0 Å². The third-order valence-electron chi connectivity index (χ3n) is 3.08. The average Bonchev–Trinajstić information content (AvgIpc) is 2.41. The molecule has 1 heterocycles. The smallest absolute Gasteiger partial charge is 0.162 e. The minimum atomic E-state index is 0.275. The first-order valence-electron chi connectivity index (χ1n) is 6.24. The number of hydrogen-bond acceptors (Lipinski definition) is 3. The number of ketones is 1. The number of carbonyl (C=O) groups is 1. The largest absolute Gasteiger partial charge is 0.302 e. The second kappa shape index (κ2) is 6.82. The fraction of sp³-hybridized carbons (Fsp3) is 0.500. The van der Waals surface area contributed by atoms with Gasteiger partial charge in [-0.2, -0.15) is 11.8 Å². The second-order valence-electron chi connectivity index (χ2n) is 4.35. The van der Waals surface area contributed by atoms with E-state index in [0.29, 0.717) is 6.42 Å². The molecule has 92 valence electrons. The van der Waals surface area contributed by atoms with Crippen molar-refractivity contribution in [2.75, 3.05) is 31.1 Å². The lowest BCUT2D eigenvalue weighted by atomic mass is 10.1. The summed E-state index contributed by atoms with van der Waals surface area (Å²) in [5.74, 6) is 2.76. The number of thioether (sulfide) groups is 1. The van der Waals surface area contributed by atoms with Gasteiger partial charge in [-0.1, -0.05) is 30.3 Å². The Bertz CT molecular complexity index is 346. The van der Waals surface area contributed by atoms with Crippen LogP contribution in [0.1, 0.15) is 23.2 Å². The molecule has 0 amide bonds. The van der Waals surface area contributed by atoms with Gasteiger partial charge in [0.25, 0.3) is 0 Å². The molecule has 1 fully saturated rings. The maximum Gasteiger partial charge on any atom is 0.162 e. The van der Waals surface area contributed by atoms with Crippen molar-refractivity contribution < 1.29 is 4.79 Å². The van der Waals surface area contributed by atoms with Gasteiger partial charge in [-0.25, -0.2) is 0 Å². The number of carbonyl (C=O) groups excluding carboxylic acids is 1. The zero-order valence-corrected chi connectivity index (χ0v) is 10.9. The summed E-state index contributed by atoms with van der Waals surface area (Å²) in [5.41, 5.74) is 0.849. The molecule has 0 radical (unpaired) electrons. The SMILES string of the molecule is O=C(CCCN1CCSCC1)c1ccccc1. The lowest BCUT2D eigenvalue weighted by Crippen LogP contribution is -2.33. The van der Waals surface area contributed by atoms with Gasteiger partial charge in [0.2, 0.25) is 0 Å². The van der Waals surface area contributed by atoms with Crippen LogP contribution in [0.3, 0.4) is 0 Å². The van der Waals surface area contributed by atoms with Gasteiger partial charge >= 0.3 is 0 Å². The zero-order valence-electron chi connectivity index (χ0n) is 10.1. The second-order valence-corrected chi connectivity index (χ2v) is 5.57. The highest BCUT2D eigenvalue weighted by molar-refractivity contribution is 7.99. The first-order valence-corrected chi connectivity index (χ1v) is 7.40. The normalized spacial score (nSPS) is 16.9. The molecule has 0 N–H and O–H groups in total. The van der Waals surface area contributed by atoms with Crippen LogP contribution in [0.2, 0.25) is 0 Å². The van der Waals surface area contributed by atoms with E-state index >= 15 is 0 Å². The van der Waals surface area contributed by atoms with E-state index in [1.54, 1.807) is 0 Å². The van der Waals surface area contributed by atoms with Gasteiger partial charge in [-0.15, -0.1) is 0 Å². The zero-order chi connectivity index (χ0) is 11.9. The molecule has 1 aliphatic rings. The van der Waals surface area contributed by atoms with E-state index in [9.17, 15) is 4.79 Å². The van der Waals surface area contributed by atoms with E-state index in [4.69, 9.17) is 0 Å². The molecule has 2 rings (SSSR count). The van der Waals surface area contributed by atoms with Crippen LogP contribution >= 0.6 is 11.8 Å². The number of hydrogen-bond donors (Lipinski definition) is 0. The molecule has 0 unspecified atom stereocenters. The third kappa shape index (κ3) is 4.17. The van der Waals surface area contributed by atoms with E-state index in [1.807, 2.05) is 42.1 Å². The molecule has 17 heavy (non-hydrogen) atoms. The third-order valence-corrected chi connectivity index (χ3v) is 4.02. The van der Waals surface area contributed by atoms with Gasteiger partial charge in [0, 0.05) is 36.6 Å². The Morgan fingerprint density at radius 2 is 1.88 bits per heavy atom. The molecule has 0 atom stereocenters. The molecule has 1 saturated heterocycles. The van der Waals surface area contributed by atoms with Crippen molar-refractivity contribution >= 4 is 17.5 Å². The molecule has 0 spiro atoms. The van der Waals surface area contributed by atoms with Crippen LogP contribution in [0.5, 0.6) is 0 Å². The average molecular weight is 249 g/mol. The highest BCUT2D eigenvalue weighted by Gasteiger charge is 2.11. The summed E-state index contributed by atoms with van der Waals surface area (Å²) < 4.78 is 0. The number of rotatable bonds is 5. The van der Waals surface area contributed by atoms with Crippen molar-refractivity contribution in [3.05, 3.63) is 35.9 Å². The summed E-state index contributed by atoms with van der Waals surface area (Å²) in [5, 5.41) is 0. The fourth-order valence-electron chi connectivity index (χ4n) is 2.06. The molecule has 1 aliphatic heterocycles. The summed E-state index contributed by atoms with van der Waals surface area (Å²) in [4.78, 5) is 14.3. The summed E-state index contributed by atoms with van der Waals surface area (Å²) >= 11 is 2.03. The van der Waals surface area contributed by atoms with Crippen molar-refractivity contribution in [2.45, 2.75) is 12.8 Å². The molecule has 0 bridgehead atoms. The summed E-state index contributed by atoms with van der Waals surface area (Å²) in [6.07, 6.45) is 1.66. The van der Waals surface area contributed by atoms with E-state index in [1.165, 1.54) is 24.6 Å². The predicted octanol–water partition coefficient (Wildman–Crippen LogP) is 2.70. The van der Waals surface area contributed by atoms with Crippen LogP contribution in [-0.4, -0.2) is 41.8 Å². The Morgan fingerprint density at radius 1 is 1.18 bits per heavy atom. The monoisotopic (exact) mass is 249 g/mol. The van der Waals surface area contributed by atoms with Crippen molar-refractivity contribution in [3.63, 3.8) is 0 Å².